The molecular formula is C22H23N3O4. The van der Waals surface area contributed by atoms with E-state index in [0.29, 0.717) is 36.3 Å². The summed E-state index contributed by atoms with van der Waals surface area (Å²) in [5.74, 6) is -0.866. The van der Waals surface area contributed by atoms with Crippen LogP contribution in [0.25, 0.3) is 0 Å². The molecule has 1 aliphatic rings. The zero-order chi connectivity index (χ0) is 20.6. The number of rotatable bonds is 7. The van der Waals surface area contributed by atoms with Crippen molar-refractivity contribution >= 4 is 23.4 Å². The minimum absolute atomic E-state index is 0.0473. The molecule has 2 aromatic rings. The van der Waals surface area contributed by atoms with Gasteiger partial charge in [-0.1, -0.05) is 42.5 Å². The smallest absolute Gasteiger partial charge is 0.255 e. The van der Waals surface area contributed by atoms with Crippen LogP contribution in [-0.4, -0.2) is 34.4 Å². The molecular weight excluding hydrogens is 370 g/mol. The lowest BCUT2D eigenvalue weighted by atomic mass is 10.0. The van der Waals surface area contributed by atoms with Crippen molar-refractivity contribution in [1.29, 1.82) is 0 Å². The van der Waals surface area contributed by atoms with Gasteiger partial charge in [0.2, 0.25) is 11.8 Å². The van der Waals surface area contributed by atoms with Crippen LogP contribution < -0.4 is 10.8 Å². The molecule has 0 atom stereocenters. The van der Waals surface area contributed by atoms with Crippen LogP contribution in [-0.2, 0) is 16.1 Å². The average molecular weight is 393 g/mol. The van der Waals surface area contributed by atoms with Crippen LogP contribution in [0.1, 0.15) is 35.2 Å². The molecule has 0 radical (unpaired) electrons. The molecule has 0 aliphatic carbocycles. The van der Waals surface area contributed by atoms with E-state index in [1.54, 1.807) is 34.6 Å². The van der Waals surface area contributed by atoms with Crippen molar-refractivity contribution in [2.45, 2.75) is 25.8 Å². The number of amides is 3. The Morgan fingerprint density at radius 3 is 2.52 bits per heavy atom. The van der Waals surface area contributed by atoms with Gasteiger partial charge in [-0.25, -0.2) is 5.48 Å². The number of para-hydroxylation sites is 1. The third kappa shape index (κ3) is 5.30. The average Bonchev–Trinajstić information content (AvgIpc) is 2.76. The highest BCUT2D eigenvalue weighted by molar-refractivity contribution is 6.04. The summed E-state index contributed by atoms with van der Waals surface area (Å²) in [6, 6.07) is 16.3. The summed E-state index contributed by atoms with van der Waals surface area (Å²) in [5, 5.41) is 11.5. The molecule has 0 aromatic heterocycles. The SMILES string of the molecule is O=C(CCC1=CCCN(Cc2ccccc2NC(=O)c2ccccc2)C1=O)NO. The van der Waals surface area contributed by atoms with Crippen molar-refractivity contribution < 1.29 is 19.6 Å². The molecule has 2 aromatic carbocycles. The maximum atomic E-state index is 12.8. The van der Waals surface area contributed by atoms with Crippen molar-refractivity contribution in [3.8, 4) is 0 Å². The van der Waals surface area contributed by atoms with Crippen molar-refractivity contribution in [3.63, 3.8) is 0 Å². The largest absolute Gasteiger partial charge is 0.334 e. The standard InChI is InChI=1S/C22H23N3O4/c26-20(24-29)13-12-17-10-6-14-25(22(17)28)15-18-9-4-5-11-19(18)23-21(27)16-7-2-1-3-8-16/h1-5,7-11,29H,6,12-15H2,(H,23,27)(H,24,26). The van der Waals surface area contributed by atoms with Gasteiger partial charge in [0, 0.05) is 36.3 Å². The predicted octanol–water partition coefficient (Wildman–Crippen LogP) is 2.88. The second-order valence-electron chi connectivity index (χ2n) is 6.76. The fraction of sp³-hybridized carbons (Fsp3) is 0.227. The summed E-state index contributed by atoms with van der Waals surface area (Å²) in [6.45, 7) is 0.920. The van der Waals surface area contributed by atoms with Crippen LogP contribution >= 0.6 is 0 Å². The number of anilines is 1. The molecule has 3 rings (SSSR count). The normalized spacial score (nSPS) is 13.6. The molecule has 0 spiro atoms. The van der Waals surface area contributed by atoms with Gasteiger partial charge in [-0.2, -0.15) is 0 Å². The van der Waals surface area contributed by atoms with E-state index in [1.807, 2.05) is 36.4 Å². The van der Waals surface area contributed by atoms with E-state index < -0.39 is 5.91 Å². The molecule has 150 valence electrons. The third-order valence-electron chi connectivity index (χ3n) is 4.76. The Morgan fingerprint density at radius 2 is 1.76 bits per heavy atom. The highest BCUT2D eigenvalue weighted by Crippen LogP contribution is 2.23. The first-order chi connectivity index (χ1) is 14.1. The Labute approximate surface area is 169 Å². The zero-order valence-corrected chi connectivity index (χ0v) is 15.9. The number of nitrogens with one attached hydrogen (secondary N) is 2. The number of hydrogen-bond donors (Lipinski definition) is 3. The van der Waals surface area contributed by atoms with Crippen molar-refractivity contribution in [3.05, 3.63) is 77.4 Å². The number of benzene rings is 2. The van der Waals surface area contributed by atoms with Gasteiger partial charge in [0.1, 0.15) is 0 Å². The first-order valence-electron chi connectivity index (χ1n) is 9.44. The van der Waals surface area contributed by atoms with Gasteiger partial charge >= 0.3 is 0 Å². The summed E-state index contributed by atoms with van der Waals surface area (Å²) in [6.07, 6.45) is 2.85. The summed E-state index contributed by atoms with van der Waals surface area (Å²) in [4.78, 5) is 38.2. The molecule has 0 bridgehead atoms. The Kier molecular flexibility index (Phi) is 6.76. The highest BCUT2D eigenvalue weighted by atomic mass is 16.5. The lowest BCUT2D eigenvalue weighted by Gasteiger charge is -2.28. The minimum atomic E-state index is -0.523. The quantitative estimate of drug-likeness (QED) is 0.498. The predicted molar refractivity (Wildman–Crippen MR) is 108 cm³/mol. The summed E-state index contributed by atoms with van der Waals surface area (Å²) < 4.78 is 0. The van der Waals surface area contributed by atoms with Gasteiger partial charge in [-0.15, -0.1) is 0 Å². The van der Waals surface area contributed by atoms with Crippen LogP contribution in [0.15, 0.2) is 66.2 Å². The molecule has 1 heterocycles. The van der Waals surface area contributed by atoms with E-state index in [9.17, 15) is 14.4 Å². The van der Waals surface area contributed by atoms with E-state index in [0.717, 1.165) is 5.56 Å². The van der Waals surface area contributed by atoms with E-state index in [2.05, 4.69) is 5.32 Å². The molecule has 0 saturated heterocycles. The Balaban J connectivity index is 1.69. The first kappa shape index (κ1) is 20.3. The van der Waals surface area contributed by atoms with Crippen LogP contribution in [0.5, 0.6) is 0 Å². The summed E-state index contributed by atoms with van der Waals surface area (Å²) in [7, 11) is 0. The third-order valence-corrected chi connectivity index (χ3v) is 4.76. The van der Waals surface area contributed by atoms with Gasteiger partial charge in [-0.3, -0.25) is 19.6 Å². The second kappa shape index (κ2) is 9.66. The highest BCUT2D eigenvalue weighted by Gasteiger charge is 2.23. The van der Waals surface area contributed by atoms with Gasteiger partial charge in [0.15, 0.2) is 0 Å². The lowest BCUT2D eigenvalue weighted by Crippen LogP contribution is -2.36. The van der Waals surface area contributed by atoms with Crippen LogP contribution in [0.2, 0.25) is 0 Å². The van der Waals surface area contributed by atoms with E-state index in [4.69, 9.17) is 5.21 Å². The number of nitrogens with zero attached hydrogens (tertiary/aromatic N) is 1. The van der Waals surface area contributed by atoms with Crippen LogP contribution in [0, 0.1) is 0 Å². The number of carbonyl (C=O) groups excluding carboxylic acids is 3. The van der Waals surface area contributed by atoms with Gasteiger partial charge < -0.3 is 10.2 Å². The van der Waals surface area contributed by atoms with E-state index in [1.165, 1.54) is 0 Å². The minimum Gasteiger partial charge on any atom is -0.334 e. The molecule has 3 amide bonds. The fourth-order valence-electron chi connectivity index (χ4n) is 3.22. The summed E-state index contributed by atoms with van der Waals surface area (Å²) >= 11 is 0. The fourth-order valence-corrected chi connectivity index (χ4v) is 3.22. The Morgan fingerprint density at radius 1 is 1.03 bits per heavy atom. The molecule has 0 unspecified atom stereocenters. The number of hydrogen-bond acceptors (Lipinski definition) is 4. The monoisotopic (exact) mass is 393 g/mol. The van der Waals surface area contributed by atoms with Crippen LogP contribution in [0.4, 0.5) is 5.69 Å². The lowest BCUT2D eigenvalue weighted by molar-refractivity contribution is -0.129. The maximum Gasteiger partial charge on any atom is 0.255 e. The molecule has 1 aliphatic heterocycles. The van der Waals surface area contributed by atoms with E-state index in [-0.39, 0.29) is 24.7 Å². The second-order valence-corrected chi connectivity index (χ2v) is 6.76. The van der Waals surface area contributed by atoms with Crippen molar-refractivity contribution in [2.24, 2.45) is 0 Å². The zero-order valence-electron chi connectivity index (χ0n) is 15.9. The van der Waals surface area contributed by atoms with Gasteiger partial charge in [-0.05, 0) is 36.6 Å². The first-order valence-corrected chi connectivity index (χ1v) is 9.44. The number of hydroxylamine groups is 1. The molecule has 29 heavy (non-hydrogen) atoms. The van der Waals surface area contributed by atoms with Crippen LogP contribution in [0.3, 0.4) is 0 Å². The van der Waals surface area contributed by atoms with Crippen molar-refractivity contribution in [1.82, 2.24) is 10.4 Å². The molecule has 0 saturated carbocycles. The molecule has 3 N–H and O–H groups in total. The Bertz CT molecular complexity index is 925. The molecule has 7 heteroatoms. The van der Waals surface area contributed by atoms with Gasteiger partial charge in [0.25, 0.3) is 5.91 Å². The van der Waals surface area contributed by atoms with E-state index >= 15 is 0 Å². The Hall–Kier alpha value is -3.45. The van der Waals surface area contributed by atoms with Crippen molar-refractivity contribution in [2.75, 3.05) is 11.9 Å². The number of carbonyl (C=O) groups is 3. The molecule has 0 fully saturated rings. The summed E-state index contributed by atoms with van der Waals surface area (Å²) in [5.41, 5.74) is 4.19. The molecule has 7 nitrogen and oxygen atoms in total. The topological polar surface area (TPSA) is 98.7 Å². The van der Waals surface area contributed by atoms with Gasteiger partial charge in [0.05, 0.1) is 0 Å². The maximum absolute atomic E-state index is 12.8.